The third-order valence-corrected chi connectivity index (χ3v) is 31.9. The van der Waals surface area contributed by atoms with Gasteiger partial charge in [0.15, 0.2) is 0 Å². The molecule has 10 aliphatic heterocycles. The second-order valence-corrected chi connectivity index (χ2v) is 39.7. The molecule has 0 saturated carbocycles. The Morgan fingerprint density at radius 1 is 0.107 bits per heavy atom. The molecule has 0 spiro atoms. The van der Waals surface area contributed by atoms with Crippen LogP contribution in [0.4, 0.5) is 0 Å². The van der Waals surface area contributed by atoms with Crippen LogP contribution in [0.15, 0.2) is 467 Å². The largest absolute Gasteiger partial charge is 0.458 e. The zero-order valence-corrected chi connectivity index (χ0v) is 79.9. The zero-order chi connectivity index (χ0) is 97.3. The average Bonchev–Trinajstić information content (AvgIpc) is 0.713. The molecule has 0 amide bonds. The van der Waals surface area contributed by atoms with Gasteiger partial charge in [0, 0.05) is 43.5 Å². The van der Waals surface area contributed by atoms with Crippen molar-refractivity contribution in [2.24, 2.45) is 0 Å². The first kappa shape index (κ1) is 83.4. The topological polar surface area (TPSA) is 92.3 Å². The average molecular weight is 1900 g/mol. The molecule has 26 aromatic rings. The second-order valence-electron chi connectivity index (χ2n) is 39.7. The Kier molecular flexibility index (Phi) is 18.3. The van der Waals surface area contributed by atoms with Crippen LogP contribution in [-0.2, 0) is 0 Å². The number of hydrogen-bond donors (Lipinski definition) is 0. The van der Waals surface area contributed by atoms with E-state index in [9.17, 15) is 0 Å². The van der Waals surface area contributed by atoms with E-state index >= 15 is 0 Å². The van der Waals surface area contributed by atoms with Crippen LogP contribution >= 0.6 is 0 Å². The lowest BCUT2D eigenvalue weighted by atomic mass is 9.34. The minimum atomic E-state index is 0.0829. The minimum absolute atomic E-state index is 0.0829. The van der Waals surface area contributed by atoms with E-state index in [1.54, 1.807) is 0 Å². The predicted octanol–water partition coefficient (Wildman–Crippen LogP) is 24.8. The maximum atomic E-state index is 6.58. The summed E-state index contributed by atoms with van der Waals surface area (Å²) in [5.74, 6) is 18.2. The van der Waals surface area contributed by atoms with E-state index in [1.165, 1.54) is 162 Å². The molecule has 0 N–H and O–H groups in total. The van der Waals surface area contributed by atoms with Gasteiger partial charge in [0.2, 0.25) is 0 Å². The molecule has 10 aliphatic rings. The molecule has 0 saturated heterocycles. The Balaban J connectivity index is 0.0000000824. The van der Waals surface area contributed by atoms with Gasteiger partial charge in [-0.25, -0.2) is 0 Å². The fourth-order valence-electron chi connectivity index (χ4n) is 25.6. The highest BCUT2D eigenvalue weighted by Crippen LogP contribution is 2.49. The summed E-state index contributed by atoms with van der Waals surface area (Å²) < 4.78 is 63.8. The summed E-state index contributed by atoms with van der Waals surface area (Å²) in [6.45, 7) is 0.493. The molecule has 0 unspecified atom stereocenters. The molecular formula is C134H77B5O10. The van der Waals surface area contributed by atoms with Gasteiger partial charge in [0.1, 0.15) is 115 Å². The second kappa shape index (κ2) is 32.7. The van der Waals surface area contributed by atoms with Crippen molar-refractivity contribution >= 4 is 234 Å². The van der Waals surface area contributed by atoms with Crippen molar-refractivity contribution in [1.29, 1.82) is 0 Å². The lowest BCUT2D eigenvalue weighted by molar-refractivity contribution is 0.464. The monoisotopic (exact) mass is 1900 g/mol. The molecule has 0 aromatic heterocycles. The smallest absolute Gasteiger partial charge is 0.261 e. The van der Waals surface area contributed by atoms with Crippen LogP contribution in [0.1, 0.15) is 0 Å². The molecule has 149 heavy (non-hydrogen) atoms. The molecule has 26 aromatic carbocycles. The Morgan fingerprint density at radius 2 is 0.356 bits per heavy atom. The highest BCUT2D eigenvalue weighted by atomic mass is 16.5. The molecule has 10 nitrogen and oxygen atoms in total. The van der Waals surface area contributed by atoms with Gasteiger partial charge in [-0.2, -0.15) is 0 Å². The van der Waals surface area contributed by atoms with Crippen LogP contribution in [0.2, 0.25) is 0 Å². The van der Waals surface area contributed by atoms with E-state index < -0.39 is 0 Å². The van der Waals surface area contributed by atoms with Gasteiger partial charge in [0.25, 0.3) is 33.6 Å². The number of benzene rings is 26. The molecule has 0 radical (unpaired) electrons. The van der Waals surface area contributed by atoms with Crippen LogP contribution in [0.5, 0.6) is 115 Å². The first-order valence-corrected chi connectivity index (χ1v) is 50.9. The third-order valence-electron chi connectivity index (χ3n) is 31.9. The van der Waals surface area contributed by atoms with E-state index in [0.717, 1.165) is 153 Å². The summed E-state index contributed by atoms with van der Waals surface area (Å²) in [5, 5.41) is 27.2. The van der Waals surface area contributed by atoms with Gasteiger partial charge in [-0.3, -0.25) is 0 Å². The summed E-state index contributed by atoms with van der Waals surface area (Å²) in [5.41, 5.74) is 17.6. The van der Waals surface area contributed by atoms with Gasteiger partial charge in [-0.05, 0) is 260 Å². The van der Waals surface area contributed by atoms with Crippen molar-refractivity contribution in [2.75, 3.05) is 0 Å². The summed E-state index contributed by atoms with van der Waals surface area (Å²) in [6.07, 6.45) is 0. The van der Waals surface area contributed by atoms with Crippen molar-refractivity contribution in [1.82, 2.24) is 0 Å². The van der Waals surface area contributed by atoms with Crippen LogP contribution in [0.25, 0.3) is 118 Å². The Morgan fingerprint density at radius 3 is 0.839 bits per heavy atom. The quantitative estimate of drug-likeness (QED) is 0.108. The molecule has 0 fully saturated rings. The van der Waals surface area contributed by atoms with E-state index in [1.807, 2.05) is 103 Å². The van der Waals surface area contributed by atoms with E-state index in [2.05, 4.69) is 364 Å². The van der Waals surface area contributed by atoms with Crippen molar-refractivity contribution in [2.45, 2.75) is 0 Å². The van der Waals surface area contributed by atoms with Crippen molar-refractivity contribution < 1.29 is 47.4 Å². The van der Waals surface area contributed by atoms with Crippen LogP contribution in [0.3, 0.4) is 0 Å². The highest BCUT2D eigenvalue weighted by molar-refractivity contribution is 7.02. The maximum Gasteiger partial charge on any atom is 0.261 e. The molecule has 0 aliphatic carbocycles. The van der Waals surface area contributed by atoms with Crippen molar-refractivity contribution in [3.05, 3.63) is 467 Å². The summed E-state index contributed by atoms with van der Waals surface area (Å²) in [4.78, 5) is 0. The predicted molar refractivity (Wildman–Crippen MR) is 613 cm³/mol. The number of rotatable bonds is 0. The lowest BCUT2D eigenvalue weighted by Gasteiger charge is -2.34. The van der Waals surface area contributed by atoms with Crippen LogP contribution < -0.4 is 129 Å². The van der Waals surface area contributed by atoms with Crippen LogP contribution in [-0.4, -0.2) is 33.6 Å². The van der Waals surface area contributed by atoms with Gasteiger partial charge < -0.3 is 47.4 Å². The Bertz CT molecular complexity index is 10400. The fourth-order valence-corrected chi connectivity index (χ4v) is 25.6. The third kappa shape index (κ3) is 12.7. The van der Waals surface area contributed by atoms with Crippen molar-refractivity contribution in [3.8, 4) is 115 Å². The molecular weight excluding hydrogens is 1820 g/mol. The standard InChI is InChI=1S/C30H17BO2.4C26H15BO2/c1-3-10-20-18(8-1)19-9-2-4-11-21(19)23-17-29-25(16-22(20)23)31-24-12-5-6-13-26(24)32-27-14-7-15-28(33-29)30(27)31;1-3-10-18-16(8-1)17-9-2-4-11-19(17)26-24(18)27-20-12-5-6-13-21(20)28-22-14-7-15-23(29-26)25(22)27;1-2-7-18-16(6-1)12-13-17-14-15-20-26(24(17)18)29-23-11-5-10-22-25(23)27(20)19-8-3-4-9-21(19)28-22;1-2-7-17-16(6-1)12-13-19-18(17)14-15-21-26(19)29-24-11-5-10-23-25(24)27(21)20-8-3-4-9-22(20)28-23;1-2-7-17-16(6-1)12-13-19-18(17)14-15-24-25(19)27-20-8-3-4-9-21(20)28-22-10-5-11-23(29-24)26(22)27/h1-17H;4*1-15H. The number of hydrogen-bond acceptors (Lipinski definition) is 10. The number of fused-ring (bicyclic) bond motifs is 43. The summed E-state index contributed by atoms with van der Waals surface area (Å²) in [7, 11) is 0. The van der Waals surface area contributed by atoms with E-state index in [-0.39, 0.29) is 33.6 Å². The minimum Gasteiger partial charge on any atom is -0.458 e. The van der Waals surface area contributed by atoms with E-state index in [0.29, 0.717) is 0 Å². The lowest BCUT2D eigenvalue weighted by Crippen LogP contribution is -2.57. The number of ether oxygens (including phenoxy) is 10. The van der Waals surface area contributed by atoms with Gasteiger partial charge in [-0.15, -0.1) is 0 Å². The Hall–Kier alpha value is -19.1. The molecule has 36 rings (SSSR count). The summed E-state index contributed by atoms with van der Waals surface area (Å²) >= 11 is 0. The molecule has 688 valence electrons. The normalized spacial score (nSPS) is 13.3. The van der Waals surface area contributed by atoms with Gasteiger partial charge >= 0.3 is 0 Å². The Labute approximate surface area is 857 Å². The van der Waals surface area contributed by atoms with E-state index in [4.69, 9.17) is 47.4 Å². The maximum absolute atomic E-state index is 6.58. The highest BCUT2D eigenvalue weighted by Gasteiger charge is 2.48. The fraction of sp³-hybridized carbons (Fsp3) is 0. The van der Waals surface area contributed by atoms with Crippen molar-refractivity contribution in [3.63, 3.8) is 0 Å². The first-order chi connectivity index (χ1) is 73.9. The molecule has 0 bridgehead atoms. The molecule has 15 heteroatoms. The first-order valence-electron chi connectivity index (χ1n) is 50.9. The molecule has 10 heterocycles. The molecule has 0 atom stereocenters. The zero-order valence-electron chi connectivity index (χ0n) is 79.9. The SMILES string of the molecule is c1ccc2c(c1)Oc1cccc3c1B2c1c(c2ccccc2c2ccccc12)O3.c1ccc2c(c1)Oc1cccc3c1B2c1c(ccc2c1ccc1ccccc12)O3.c1ccc2c(c1)Oc1cccc3c1B2c1cc2c4ccccc4c4ccccc4c2cc1O3.c1ccc2c(c1)Oc1cccc3c1B2c1ccc2c(ccc4ccccc42)c1O3.c1ccc2c(c1)Oc1cccc3c1B2c1ccc2ccc4ccccc4c2c1O3. The summed E-state index contributed by atoms with van der Waals surface area (Å²) in [6, 6.07) is 163. The van der Waals surface area contributed by atoms with Crippen LogP contribution in [0, 0.1) is 0 Å². The van der Waals surface area contributed by atoms with Gasteiger partial charge in [0.05, 0.1) is 0 Å². The van der Waals surface area contributed by atoms with Gasteiger partial charge in [-0.1, -0.05) is 364 Å². The number of para-hydroxylation sites is 5.